The Morgan fingerprint density at radius 3 is 2.48 bits per heavy atom. The second-order valence-corrected chi connectivity index (χ2v) is 11.0. The first-order chi connectivity index (χ1) is 19.1. The Kier molecular flexibility index (Phi) is 6.52. The summed E-state index contributed by atoms with van der Waals surface area (Å²) in [6, 6.07) is 17.9. The molecule has 7 nitrogen and oxygen atoms in total. The fraction of sp³-hybridized carbons (Fsp3) is 0.111. The molecule has 13 heteroatoms. The highest BCUT2D eigenvalue weighted by Gasteiger charge is 2.39. The normalized spacial score (nSPS) is 15.6. The van der Waals surface area contributed by atoms with Gasteiger partial charge in [-0.15, -0.1) is 11.3 Å². The number of thiophene rings is 1. The van der Waals surface area contributed by atoms with Gasteiger partial charge in [0.2, 0.25) is 0 Å². The van der Waals surface area contributed by atoms with Crippen molar-refractivity contribution in [1.82, 2.24) is 19.6 Å². The van der Waals surface area contributed by atoms with E-state index in [9.17, 15) is 23.1 Å². The van der Waals surface area contributed by atoms with Gasteiger partial charge in [-0.1, -0.05) is 59.6 Å². The van der Waals surface area contributed by atoms with Gasteiger partial charge in [-0.3, -0.25) is 4.79 Å². The monoisotopic (exact) mass is 601 g/mol. The van der Waals surface area contributed by atoms with Crippen LogP contribution < -0.4 is 0 Å². The minimum Gasteiger partial charge on any atom is -0.508 e. The van der Waals surface area contributed by atoms with Gasteiger partial charge in [0.15, 0.2) is 17.0 Å². The van der Waals surface area contributed by atoms with Crippen LogP contribution in [-0.4, -0.2) is 36.3 Å². The molecule has 0 saturated carbocycles. The number of hydrogen-bond acceptors (Lipinski definition) is 6. The highest BCUT2D eigenvalue weighted by Crippen LogP contribution is 2.39. The zero-order chi connectivity index (χ0) is 28.2. The van der Waals surface area contributed by atoms with Gasteiger partial charge in [0.25, 0.3) is 5.91 Å². The maximum atomic E-state index is 14.1. The molecule has 202 valence electrons. The van der Waals surface area contributed by atoms with Crippen molar-refractivity contribution < 1.29 is 23.1 Å². The average Bonchev–Trinajstić information content (AvgIpc) is 3.66. The number of aromatic nitrogens is 3. The van der Waals surface area contributed by atoms with Gasteiger partial charge in [0.05, 0.1) is 26.7 Å². The van der Waals surface area contributed by atoms with Gasteiger partial charge in [0, 0.05) is 28.6 Å². The number of hydrazone groups is 1. The SMILES string of the molecule is O=C(c1cc2nc(-c3ccc(Cl)s3)cc(C(F)(F)F)n2n1)N1N=C(c2ccccc2Cl)CC1c1ccccc1O. The lowest BCUT2D eigenvalue weighted by Gasteiger charge is -2.21. The predicted molar refractivity (Wildman–Crippen MR) is 146 cm³/mol. The van der Waals surface area contributed by atoms with E-state index in [1.165, 1.54) is 12.1 Å². The second-order valence-electron chi connectivity index (χ2n) is 8.88. The predicted octanol–water partition coefficient (Wildman–Crippen LogP) is 7.48. The number of nitrogens with zero attached hydrogens (tertiary/aromatic N) is 5. The summed E-state index contributed by atoms with van der Waals surface area (Å²) >= 11 is 13.4. The molecule has 1 N–H and O–H groups in total. The summed E-state index contributed by atoms with van der Waals surface area (Å²) in [7, 11) is 0. The van der Waals surface area contributed by atoms with Gasteiger partial charge < -0.3 is 5.11 Å². The molecule has 0 radical (unpaired) electrons. The highest BCUT2D eigenvalue weighted by molar-refractivity contribution is 7.19. The third kappa shape index (κ3) is 4.70. The first-order valence-electron chi connectivity index (χ1n) is 11.8. The maximum absolute atomic E-state index is 14.1. The van der Waals surface area contributed by atoms with E-state index in [4.69, 9.17) is 23.2 Å². The van der Waals surface area contributed by atoms with Crippen molar-refractivity contribution in [2.24, 2.45) is 5.10 Å². The number of halogens is 5. The van der Waals surface area contributed by atoms with Crippen LogP contribution in [0.25, 0.3) is 16.2 Å². The zero-order valence-corrected chi connectivity index (χ0v) is 22.4. The molecule has 0 saturated heterocycles. The minimum absolute atomic E-state index is 0.0444. The number of para-hydroxylation sites is 1. The van der Waals surface area contributed by atoms with Crippen LogP contribution in [0.1, 0.15) is 39.8 Å². The van der Waals surface area contributed by atoms with Crippen LogP contribution in [0.15, 0.2) is 77.9 Å². The van der Waals surface area contributed by atoms with Crippen molar-refractivity contribution in [1.29, 1.82) is 0 Å². The van der Waals surface area contributed by atoms with E-state index in [0.717, 1.165) is 22.4 Å². The van der Waals surface area contributed by atoms with E-state index < -0.39 is 23.8 Å². The first kappa shape index (κ1) is 26.3. The van der Waals surface area contributed by atoms with Gasteiger partial charge in [-0.25, -0.2) is 14.5 Å². The van der Waals surface area contributed by atoms with Crippen molar-refractivity contribution in [3.63, 3.8) is 0 Å². The van der Waals surface area contributed by atoms with Crippen LogP contribution in [0.4, 0.5) is 13.2 Å². The molecule has 6 rings (SSSR count). The molecular formula is C27H16Cl2F3N5O2S. The number of phenolic OH excluding ortho intramolecular Hbond substituents is 1. The Hall–Kier alpha value is -3.93. The molecule has 3 aromatic heterocycles. The molecule has 5 aromatic rings. The van der Waals surface area contributed by atoms with Crippen LogP contribution in [0.2, 0.25) is 9.36 Å². The molecule has 0 aliphatic carbocycles. The van der Waals surface area contributed by atoms with Crippen LogP contribution >= 0.6 is 34.5 Å². The molecule has 1 unspecified atom stereocenters. The zero-order valence-electron chi connectivity index (χ0n) is 20.1. The maximum Gasteiger partial charge on any atom is 0.433 e. The van der Waals surface area contributed by atoms with E-state index in [1.807, 2.05) is 0 Å². The van der Waals surface area contributed by atoms with Crippen LogP contribution in [-0.2, 0) is 6.18 Å². The fourth-order valence-corrected chi connectivity index (χ4v) is 5.79. The number of hydrogen-bond donors (Lipinski definition) is 1. The number of amides is 1. The number of benzene rings is 2. The molecule has 1 atom stereocenters. The number of fused-ring (bicyclic) bond motifs is 1. The summed E-state index contributed by atoms with van der Waals surface area (Å²) in [5.74, 6) is -0.828. The van der Waals surface area contributed by atoms with Crippen molar-refractivity contribution in [2.75, 3.05) is 0 Å². The molecule has 40 heavy (non-hydrogen) atoms. The van der Waals surface area contributed by atoms with E-state index in [0.29, 0.717) is 35.6 Å². The molecule has 0 fully saturated rings. The molecule has 0 spiro atoms. The minimum atomic E-state index is -4.79. The lowest BCUT2D eigenvalue weighted by Crippen LogP contribution is -2.27. The van der Waals surface area contributed by atoms with Crippen molar-refractivity contribution >= 4 is 51.8 Å². The third-order valence-electron chi connectivity index (χ3n) is 6.36. The van der Waals surface area contributed by atoms with Crippen LogP contribution in [0.3, 0.4) is 0 Å². The number of carbonyl (C=O) groups excluding carboxylic acids is 1. The van der Waals surface area contributed by atoms with Crippen molar-refractivity contribution in [3.8, 4) is 16.3 Å². The van der Waals surface area contributed by atoms with Gasteiger partial charge in [-0.05, 0) is 30.3 Å². The number of rotatable bonds is 4. The molecule has 4 heterocycles. The van der Waals surface area contributed by atoms with E-state index in [-0.39, 0.29) is 29.2 Å². The summed E-state index contributed by atoms with van der Waals surface area (Å²) in [6.45, 7) is 0. The highest BCUT2D eigenvalue weighted by atomic mass is 35.5. The van der Waals surface area contributed by atoms with Crippen LogP contribution in [0.5, 0.6) is 5.75 Å². The van der Waals surface area contributed by atoms with Gasteiger partial charge in [0.1, 0.15) is 5.75 Å². The molecular weight excluding hydrogens is 586 g/mol. The van der Waals surface area contributed by atoms with E-state index in [1.54, 1.807) is 54.6 Å². The molecule has 1 aliphatic heterocycles. The van der Waals surface area contributed by atoms with E-state index in [2.05, 4.69) is 15.2 Å². The fourth-order valence-electron chi connectivity index (χ4n) is 4.54. The number of alkyl halides is 3. The number of aromatic hydroxyl groups is 1. The van der Waals surface area contributed by atoms with Crippen LogP contribution in [0, 0.1) is 0 Å². The Labute approximate surface area is 238 Å². The smallest absolute Gasteiger partial charge is 0.433 e. The third-order valence-corrected chi connectivity index (χ3v) is 7.94. The van der Waals surface area contributed by atoms with E-state index >= 15 is 0 Å². The molecule has 1 amide bonds. The summed E-state index contributed by atoms with van der Waals surface area (Å²) in [5, 5.41) is 20.6. The largest absolute Gasteiger partial charge is 0.508 e. The number of phenols is 1. The Bertz CT molecular complexity index is 1820. The Morgan fingerprint density at radius 1 is 1.02 bits per heavy atom. The quantitative estimate of drug-likeness (QED) is 0.231. The molecule has 0 bridgehead atoms. The second kappa shape index (κ2) is 9.92. The lowest BCUT2D eigenvalue weighted by atomic mass is 9.97. The topological polar surface area (TPSA) is 83.1 Å². The van der Waals surface area contributed by atoms with Crippen molar-refractivity contribution in [3.05, 3.63) is 105 Å². The summed E-state index contributed by atoms with van der Waals surface area (Å²) < 4.78 is 43.2. The van der Waals surface area contributed by atoms with Crippen molar-refractivity contribution in [2.45, 2.75) is 18.6 Å². The number of carbonyl (C=O) groups is 1. The summed E-state index contributed by atoms with van der Waals surface area (Å²) in [4.78, 5) is 18.5. The lowest BCUT2D eigenvalue weighted by molar-refractivity contribution is -0.142. The first-order valence-corrected chi connectivity index (χ1v) is 13.3. The van der Waals surface area contributed by atoms with Gasteiger partial charge >= 0.3 is 6.18 Å². The summed E-state index contributed by atoms with van der Waals surface area (Å²) in [5.41, 5.74) is -0.0540. The summed E-state index contributed by atoms with van der Waals surface area (Å²) in [6.07, 6.45) is -4.58. The Morgan fingerprint density at radius 2 is 1.77 bits per heavy atom. The molecule has 2 aromatic carbocycles. The average molecular weight is 602 g/mol. The Balaban J connectivity index is 1.47. The standard InChI is InChI=1S/C27H16Cl2F3N5O2S/c28-16-7-3-1-5-14(16)17-11-20(15-6-2-4-8-21(15)38)36(34-17)26(39)19-13-25-33-18(22-9-10-24(29)40-22)12-23(27(30,31)32)37(25)35-19/h1-10,12-13,20,38H,11H2. The molecule has 1 aliphatic rings. The van der Waals surface area contributed by atoms with Gasteiger partial charge in [-0.2, -0.15) is 23.4 Å².